The Labute approximate surface area is 222 Å². The first-order chi connectivity index (χ1) is 18.1. The van der Waals surface area contributed by atoms with Gasteiger partial charge in [0.25, 0.3) is 5.56 Å². The predicted molar refractivity (Wildman–Crippen MR) is 151 cm³/mol. The van der Waals surface area contributed by atoms with Crippen molar-refractivity contribution in [2.75, 3.05) is 20.6 Å². The lowest BCUT2D eigenvalue weighted by Crippen LogP contribution is -2.30. The molecule has 196 valence electrons. The van der Waals surface area contributed by atoms with Crippen LogP contribution in [0.2, 0.25) is 0 Å². The normalized spacial score (nSPS) is 12.9. The lowest BCUT2D eigenvalue weighted by Gasteiger charge is -2.17. The molecule has 0 unspecified atom stereocenters. The molecular formula is C30H31N3O4S. The van der Waals surface area contributed by atoms with Gasteiger partial charge >= 0.3 is 0 Å². The number of rotatable bonds is 8. The van der Waals surface area contributed by atoms with Crippen LogP contribution in [0.5, 0.6) is 0 Å². The van der Waals surface area contributed by atoms with Crippen molar-refractivity contribution in [2.45, 2.75) is 37.8 Å². The molecule has 7 nitrogen and oxygen atoms in total. The number of sulfonamides is 1. The number of nitrogens with one attached hydrogen (secondary N) is 1. The number of nitrogens with zero attached hydrogens (tertiary/aromatic N) is 2. The van der Waals surface area contributed by atoms with Crippen LogP contribution >= 0.6 is 0 Å². The van der Waals surface area contributed by atoms with Crippen LogP contribution < -0.4 is 10.3 Å². The number of ketones is 1. The predicted octanol–water partition coefficient (Wildman–Crippen LogP) is 4.52. The first-order valence-electron chi connectivity index (χ1n) is 12.7. The number of carbonyl (C=O) groups excluding carboxylic acids is 1. The van der Waals surface area contributed by atoms with E-state index in [0.29, 0.717) is 45.3 Å². The van der Waals surface area contributed by atoms with E-state index in [0.717, 1.165) is 18.5 Å². The quantitative estimate of drug-likeness (QED) is 0.319. The van der Waals surface area contributed by atoms with Gasteiger partial charge in [0.1, 0.15) is 0 Å². The highest BCUT2D eigenvalue weighted by Crippen LogP contribution is 2.40. The van der Waals surface area contributed by atoms with Crippen LogP contribution in [0.4, 0.5) is 0 Å². The van der Waals surface area contributed by atoms with Crippen molar-refractivity contribution in [3.8, 4) is 22.4 Å². The molecule has 38 heavy (non-hydrogen) atoms. The van der Waals surface area contributed by atoms with Crippen LogP contribution in [0.3, 0.4) is 0 Å². The summed E-state index contributed by atoms with van der Waals surface area (Å²) in [4.78, 5) is 29.7. The Morgan fingerprint density at radius 1 is 0.868 bits per heavy atom. The topological polar surface area (TPSA) is 88.5 Å². The first-order valence-corrected chi connectivity index (χ1v) is 14.2. The molecule has 0 atom stereocenters. The average Bonchev–Trinajstić information content (AvgIpc) is 3.17. The number of pyridine rings is 1. The first kappa shape index (κ1) is 26.0. The minimum atomic E-state index is -3.68. The molecule has 0 saturated carbocycles. The second kappa shape index (κ2) is 9.94. The molecule has 1 aromatic heterocycles. The molecule has 1 heterocycles. The van der Waals surface area contributed by atoms with Gasteiger partial charge in [-0.25, -0.2) is 13.1 Å². The van der Waals surface area contributed by atoms with Gasteiger partial charge in [-0.2, -0.15) is 0 Å². The van der Waals surface area contributed by atoms with E-state index >= 15 is 0 Å². The van der Waals surface area contributed by atoms with E-state index in [1.165, 1.54) is 0 Å². The molecule has 0 spiro atoms. The minimum absolute atomic E-state index is 0.0810. The van der Waals surface area contributed by atoms with Gasteiger partial charge in [-0.05, 0) is 70.2 Å². The summed E-state index contributed by atoms with van der Waals surface area (Å²) in [6.45, 7) is 4.83. The zero-order valence-electron chi connectivity index (χ0n) is 22.0. The number of hydrogen-bond acceptors (Lipinski definition) is 5. The molecule has 0 radical (unpaired) electrons. The Hall–Kier alpha value is -3.59. The largest absolute Gasteiger partial charge is 0.309 e. The van der Waals surface area contributed by atoms with Crippen molar-refractivity contribution in [2.24, 2.45) is 0 Å². The third-order valence-corrected chi connectivity index (χ3v) is 8.44. The standard InChI is InChI=1S/C30H31N3O4S/c1-19(2)31-38(36,37)22-10-7-9-20(17-22)21-13-14-23-26(18-21)30(35)33(16-8-15-32(3)4)28-24-11-5-6-12-25(24)29(34)27(23)28/h5-7,9-14,17-19,31H,8,15-16H2,1-4H3. The summed E-state index contributed by atoms with van der Waals surface area (Å²) in [7, 11) is 0.304. The van der Waals surface area contributed by atoms with Crippen LogP contribution in [0.25, 0.3) is 33.2 Å². The van der Waals surface area contributed by atoms with Gasteiger partial charge in [0.15, 0.2) is 5.78 Å². The zero-order chi connectivity index (χ0) is 27.2. The van der Waals surface area contributed by atoms with Crippen molar-refractivity contribution in [1.82, 2.24) is 14.2 Å². The highest BCUT2D eigenvalue weighted by molar-refractivity contribution is 7.89. The molecule has 0 amide bonds. The summed E-state index contributed by atoms with van der Waals surface area (Å²) in [6, 6.07) is 19.3. The Bertz CT molecular complexity index is 1740. The van der Waals surface area contributed by atoms with Crippen molar-refractivity contribution < 1.29 is 13.2 Å². The Morgan fingerprint density at radius 3 is 2.29 bits per heavy atom. The van der Waals surface area contributed by atoms with Crippen molar-refractivity contribution in [1.29, 1.82) is 0 Å². The van der Waals surface area contributed by atoms with E-state index in [1.54, 1.807) is 42.7 Å². The number of aromatic nitrogens is 1. The molecule has 3 aromatic carbocycles. The Balaban J connectivity index is 1.69. The summed E-state index contributed by atoms with van der Waals surface area (Å²) >= 11 is 0. The van der Waals surface area contributed by atoms with E-state index in [4.69, 9.17) is 0 Å². The lowest BCUT2D eigenvalue weighted by atomic mass is 9.98. The van der Waals surface area contributed by atoms with E-state index in [2.05, 4.69) is 9.62 Å². The molecule has 0 bridgehead atoms. The van der Waals surface area contributed by atoms with Gasteiger partial charge < -0.3 is 9.47 Å². The molecule has 1 aliphatic carbocycles. The fraction of sp³-hybridized carbons (Fsp3) is 0.267. The minimum Gasteiger partial charge on any atom is -0.309 e. The summed E-state index contributed by atoms with van der Waals surface area (Å²) in [5, 5.41) is 1.06. The molecule has 0 fully saturated rings. The summed E-state index contributed by atoms with van der Waals surface area (Å²) in [6.07, 6.45) is 0.754. The van der Waals surface area contributed by atoms with Crippen molar-refractivity contribution in [3.05, 3.63) is 88.2 Å². The van der Waals surface area contributed by atoms with Crippen molar-refractivity contribution >= 4 is 26.6 Å². The van der Waals surface area contributed by atoms with Crippen LogP contribution in [-0.2, 0) is 16.6 Å². The monoisotopic (exact) mass is 529 g/mol. The van der Waals surface area contributed by atoms with E-state index < -0.39 is 10.0 Å². The van der Waals surface area contributed by atoms with E-state index in [1.807, 2.05) is 56.6 Å². The van der Waals surface area contributed by atoms with E-state index in [9.17, 15) is 18.0 Å². The molecule has 0 aliphatic heterocycles. The fourth-order valence-electron chi connectivity index (χ4n) is 5.14. The summed E-state index contributed by atoms with van der Waals surface area (Å²) in [5.74, 6) is -0.0810. The second-order valence-electron chi connectivity index (χ2n) is 10.3. The highest BCUT2D eigenvalue weighted by Gasteiger charge is 2.32. The molecular weight excluding hydrogens is 498 g/mol. The molecule has 1 N–H and O–H groups in total. The number of carbonyl (C=O) groups is 1. The lowest BCUT2D eigenvalue weighted by molar-refractivity contribution is 0.104. The maximum Gasteiger partial charge on any atom is 0.258 e. The molecule has 4 aromatic rings. The molecule has 8 heteroatoms. The molecule has 5 rings (SSSR count). The number of fused-ring (bicyclic) bond motifs is 5. The van der Waals surface area contributed by atoms with Crippen molar-refractivity contribution in [3.63, 3.8) is 0 Å². The third kappa shape index (κ3) is 4.60. The fourth-order valence-corrected chi connectivity index (χ4v) is 6.44. The van der Waals surface area contributed by atoms with Crippen LogP contribution in [0, 0.1) is 0 Å². The van der Waals surface area contributed by atoms with Crippen LogP contribution in [0.15, 0.2) is 76.4 Å². The maximum atomic E-state index is 13.9. The number of benzene rings is 3. The molecule has 1 aliphatic rings. The van der Waals surface area contributed by atoms with Gasteiger partial charge in [0, 0.05) is 34.5 Å². The average molecular weight is 530 g/mol. The highest BCUT2D eigenvalue weighted by atomic mass is 32.2. The van der Waals surface area contributed by atoms with E-state index in [-0.39, 0.29) is 22.3 Å². The summed E-state index contributed by atoms with van der Waals surface area (Å²) in [5.41, 5.74) is 3.85. The smallest absolute Gasteiger partial charge is 0.258 e. The third-order valence-electron chi connectivity index (χ3n) is 6.78. The van der Waals surface area contributed by atoms with Gasteiger partial charge in [-0.15, -0.1) is 0 Å². The Morgan fingerprint density at radius 2 is 1.58 bits per heavy atom. The summed E-state index contributed by atoms with van der Waals surface area (Å²) < 4.78 is 29.8. The Kier molecular flexibility index (Phi) is 6.81. The van der Waals surface area contributed by atoms with Gasteiger partial charge in [-0.3, -0.25) is 9.59 Å². The van der Waals surface area contributed by atoms with Crippen LogP contribution in [-0.4, -0.2) is 50.3 Å². The van der Waals surface area contributed by atoms with Gasteiger partial charge in [-0.1, -0.05) is 48.5 Å². The van der Waals surface area contributed by atoms with Gasteiger partial charge in [0.05, 0.1) is 16.2 Å². The number of hydrogen-bond donors (Lipinski definition) is 1. The zero-order valence-corrected chi connectivity index (χ0v) is 22.8. The second-order valence-corrected chi connectivity index (χ2v) is 12.0. The van der Waals surface area contributed by atoms with Gasteiger partial charge in [0.2, 0.25) is 10.0 Å². The SMILES string of the molecule is CC(C)NS(=O)(=O)c1cccc(-c2ccc3c4c(n(CCCN(C)C)c(=O)c3c2)-c2ccccc2C4=O)c1. The maximum absolute atomic E-state index is 13.9. The van der Waals surface area contributed by atoms with Crippen LogP contribution in [0.1, 0.15) is 36.2 Å². The molecule has 0 saturated heterocycles.